The number of anilines is 1. The third-order valence-electron chi connectivity index (χ3n) is 4.24. The number of hydrogen-bond acceptors (Lipinski definition) is 3. The van der Waals surface area contributed by atoms with E-state index in [0.717, 1.165) is 31.6 Å². The van der Waals surface area contributed by atoms with Crippen molar-refractivity contribution in [3.05, 3.63) is 29.8 Å². The highest BCUT2D eigenvalue weighted by Gasteiger charge is 2.35. The number of carbonyl (C=O) groups is 1. The second-order valence-electron chi connectivity index (χ2n) is 5.49. The molecule has 0 spiro atoms. The van der Waals surface area contributed by atoms with Gasteiger partial charge in [0.05, 0.1) is 6.10 Å². The molecule has 1 unspecified atom stereocenters. The predicted octanol–water partition coefficient (Wildman–Crippen LogP) is 1.55. The smallest absolute Gasteiger partial charge is 0.223 e. The summed E-state index contributed by atoms with van der Waals surface area (Å²) in [7, 11) is 0. The molecule has 0 radical (unpaired) electrons. The number of benzene rings is 1. The van der Waals surface area contributed by atoms with E-state index in [0.29, 0.717) is 18.4 Å². The van der Waals surface area contributed by atoms with Crippen molar-refractivity contribution < 1.29 is 9.90 Å². The first-order chi connectivity index (χ1) is 9.15. The van der Waals surface area contributed by atoms with E-state index in [2.05, 4.69) is 17.0 Å². The minimum atomic E-state index is -0.418. The number of nitrogens with zero attached hydrogens (tertiary/aromatic N) is 2. The number of carbonyl (C=O) groups excluding carboxylic acids is 1. The Balaban J connectivity index is 1.71. The van der Waals surface area contributed by atoms with E-state index in [1.54, 1.807) is 6.92 Å². The summed E-state index contributed by atoms with van der Waals surface area (Å²) in [5, 5.41) is 9.52. The maximum atomic E-state index is 11.7. The van der Waals surface area contributed by atoms with Gasteiger partial charge in [-0.3, -0.25) is 4.79 Å². The third-order valence-corrected chi connectivity index (χ3v) is 4.24. The molecule has 0 aliphatic carbocycles. The fraction of sp³-hybridized carbons (Fsp3) is 0.533. The van der Waals surface area contributed by atoms with Gasteiger partial charge in [-0.05, 0) is 31.0 Å². The quantitative estimate of drug-likeness (QED) is 0.877. The van der Waals surface area contributed by atoms with Gasteiger partial charge in [0, 0.05) is 37.8 Å². The van der Waals surface area contributed by atoms with Crippen LogP contribution < -0.4 is 4.90 Å². The summed E-state index contributed by atoms with van der Waals surface area (Å²) in [5.74, 6) is 0.314. The van der Waals surface area contributed by atoms with E-state index in [9.17, 15) is 9.90 Å². The molecule has 2 fully saturated rings. The van der Waals surface area contributed by atoms with Crippen LogP contribution in [0, 0.1) is 0 Å². The topological polar surface area (TPSA) is 43.8 Å². The fourth-order valence-corrected chi connectivity index (χ4v) is 3.06. The largest absolute Gasteiger partial charge is 0.389 e. The van der Waals surface area contributed by atoms with Gasteiger partial charge in [0.2, 0.25) is 5.91 Å². The van der Waals surface area contributed by atoms with Crippen molar-refractivity contribution >= 4 is 11.6 Å². The maximum absolute atomic E-state index is 11.7. The summed E-state index contributed by atoms with van der Waals surface area (Å²) in [6.45, 7) is 4.44. The van der Waals surface area contributed by atoms with Gasteiger partial charge in [-0.15, -0.1) is 0 Å². The van der Waals surface area contributed by atoms with Gasteiger partial charge in [0.25, 0.3) is 0 Å². The Bertz CT molecular complexity index is 470. The van der Waals surface area contributed by atoms with Crippen molar-refractivity contribution in [1.29, 1.82) is 0 Å². The van der Waals surface area contributed by atoms with Crippen LogP contribution in [0.1, 0.15) is 31.4 Å². The molecule has 2 saturated heterocycles. The Morgan fingerprint density at radius 2 is 2.00 bits per heavy atom. The average Bonchev–Trinajstić information content (AvgIpc) is 2.80. The lowest BCUT2D eigenvalue weighted by Crippen LogP contribution is -2.51. The van der Waals surface area contributed by atoms with Crippen LogP contribution in [0.3, 0.4) is 0 Å². The zero-order chi connectivity index (χ0) is 13.4. The van der Waals surface area contributed by atoms with Crippen molar-refractivity contribution in [1.82, 2.24) is 4.90 Å². The molecule has 4 nitrogen and oxygen atoms in total. The SMILES string of the molecule is C[C@@H](O)c1ccc(N2CCN3C(=O)CCC3C2)cc1. The van der Waals surface area contributed by atoms with E-state index in [1.807, 2.05) is 17.0 Å². The highest BCUT2D eigenvalue weighted by atomic mass is 16.3. The Hall–Kier alpha value is -1.55. The predicted molar refractivity (Wildman–Crippen MR) is 74.0 cm³/mol. The first kappa shape index (κ1) is 12.5. The molecule has 1 aromatic carbocycles. The number of amides is 1. The second kappa shape index (κ2) is 4.85. The van der Waals surface area contributed by atoms with Crippen LogP contribution in [0.5, 0.6) is 0 Å². The molecule has 4 heteroatoms. The lowest BCUT2D eigenvalue weighted by Gasteiger charge is -2.38. The van der Waals surface area contributed by atoms with Crippen LogP contribution >= 0.6 is 0 Å². The monoisotopic (exact) mass is 260 g/mol. The maximum Gasteiger partial charge on any atom is 0.223 e. The van der Waals surface area contributed by atoms with Gasteiger partial charge in [-0.1, -0.05) is 12.1 Å². The molecule has 0 bridgehead atoms. The van der Waals surface area contributed by atoms with Crippen molar-refractivity contribution in [3.63, 3.8) is 0 Å². The summed E-state index contributed by atoms with van der Waals surface area (Å²) in [5.41, 5.74) is 2.13. The molecule has 102 valence electrons. The van der Waals surface area contributed by atoms with Gasteiger partial charge >= 0.3 is 0 Å². The summed E-state index contributed by atoms with van der Waals surface area (Å²) in [6.07, 6.45) is 1.28. The number of rotatable bonds is 2. The average molecular weight is 260 g/mol. The Kier molecular flexibility index (Phi) is 3.19. The molecular formula is C15H20N2O2. The molecule has 1 aromatic rings. The molecule has 1 amide bonds. The van der Waals surface area contributed by atoms with Gasteiger partial charge in [-0.25, -0.2) is 0 Å². The Morgan fingerprint density at radius 3 is 2.68 bits per heavy atom. The van der Waals surface area contributed by atoms with Crippen LogP contribution in [0.15, 0.2) is 24.3 Å². The summed E-state index contributed by atoms with van der Waals surface area (Å²) < 4.78 is 0. The van der Waals surface area contributed by atoms with E-state index in [-0.39, 0.29) is 0 Å². The van der Waals surface area contributed by atoms with Gasteiger partial charge in [-0.2, -0.15) is 0 Å². The number of fused-ring (bicyclic) bond motifs is 1. The first-order valence-corrected chi connectivity index (χ1v) is 6.97. The number of hydrogen-bond donors (Lipinski definition) is 1. The molecule has 3 rings (SSSR count). The summed E-state index contributed by atoms with van der Waals surface area (Å²) >= 11 is 0. The first-order valence-electron chi connectivity index (χ1n) is 6.97. The molecule has 2 heterocycles. The minimum Gasteiger partial charge on any atom is -0.389 e. The zero-order valence-electron chi connectivity index (χ0n) is 11.2. The molecule has 2 aliphatic heterocycles. The Morgan fingerprint density at radius 1 is 1.26 bits per heavy atom. The van der Waals surface area contributed by atoms with Crippen molar-refractivity contribution in [2.24, 2.45) is 0 Å². The molecule has 0 saturated carbocycles. The fourth-order valence-electron chi connectivity index (χ4n) is 3.06. The van der Waals surface area contributed by atoms with Gasteiger partial charge in [0.15, 0.2) is 0 Å². The highest BCUT2D eigenvalue weighted by molar-refractivity contribution is 5.79. The van der Waals surface area contributed by atoms with Crippen molar-refractivity contribution in [3.8, 4) is 0 Å². The normalized spacial score (nSPS) is 24.5. The van der Waals surface area contributed by atoms with Crippen molar-refractivity contribution in [2.45, 2.75) is 31.9 Å². The minimum absolute atomic E-state index is 0.314. The molecule has 2 atom stereocenters. The van der Waals surface area contributed by atoms with Crippen LogP contribution in [-0.2, 0) is 4.79 Å². The van der Waals surface area contributed by atoms with Crippen LogP contribution in [0.4, 0.5) is 5.69 Å². The van der Waals surface area contributed by atoms with E-state index in [4.69, 9.17) is 0 Å². The van der Waals surface area contributed by atoms with Crippen molar-refractivity contribution in [2.75, 3.05) is 24.5 Å². The van der Waals surface area contributed by atoms with Crippen LogP contribution in [0.2, 0.25) is 0 Å². The van der Waals surface area contributed by atoms with Crippen LogP contribution in [0.25, 0.3) is 0 Å². The standard InChI is InChI=1S/C15H20N2O2/c1-11(18)12-2-4-13(5-3-12)16-8-9-17-14(10-16)6-7-15(17)19/h2-5,11,14,18H,6-10H2,1H3/t11-,14?/m1/s1. The lowest BCUT2D eigenvalue weighted by atomic mass is 10.1. The second-order valence-corrected chi connectivity index (χ2v) is 5.49. The number of aliphatic hydroxyl groups excluding tert-OH is 1. The molecule has 1 N–H and O–H groups in total. The number of aliphatic hydroxyl groups is 1. The Labute approximate surface area is 113 Å². The van der Waals surface area contributed by atoms with E-state index >= 15 is 0 Å². The summed E-state index contributed by atoms with van der Waals surface area (Å²) in [4.78, 5) is 16.0. The molecule has 0 aromatic heterocycles. The summed E-state index contributed by atoms with van der Waals surface area (Å²) in [6, 6.07) is 8.47. The zero-order valence-corrected chi connectivity index (χ0v) is 11.2. The number of piperazine rings is 1. The van der Waals surface area contributed by atoms with Crippen LogP contribution in [-0.4, -0.2) is 41.6 Å². The third kappa shape index (κ3) is 2.32. The lowest BCUT2D eigenvalue weighted by molar-refractivity contribution is -0.129. The van der Waals surface area contributed by atoms with Gasteiger partial charge in [0.1, 0.15) is 0 Å². The van der Waals surface area contributed by atoms with E-state index in [1.165, 1.54) is 5.69 Å². The van der Waals surface area contributed by atoms with Gasteiger partial charge < -0.3 is 14.9 Å². The highest BCUT2D eigenvalue weighted by Crippen LogP contribution is 2.27. The van der Waals surface area contributed by atoms with E-state index < -0.39 is 6.10 Å². The molecular weight excluding hydrogens is 240 g/mol. The molecule has 19 heavy (non-hydrogen) atoms. The molecule has 2 aliphatic rings.